The third-order valence-electron chi connectivity index (χ3n) is 4.60. The van der Waals surface area contributed by atoms with Gasteiger partial charge in [-0.2, -0.15) is 0 Å². The first-order valence-corrected chi connectivity index (χ1v) is 8.32. The fourth-order valence-electron chi connectivity index (χ4n) is 3.76. The van der Waals surface area contributed by atoms with E-state index in [9.17, 15) is 5.11 Å². The van der Waals surface area contributed by atoms with Crippen LogP contribution in [0.4, 0.5) is 0 Å². The lowest BCUT2D eigenvalue weighted by atomic mass is 9.74. The number of nitrogens with one attached hydrogen (secondary N) is 1. The van der Waals surface area contributed by atoms with Gasteiger partial charge in [0.1, 0.15) is 4.70 Å². The molecule has 2 nitrogen and oxygen atoms in total. The topological polar surface area (TPSA) is 34.4 Å². The second-order valence-electron chi connectivity index (χ2n) is 7.01. The molecule has 0 spiro atoms. The van der Waals surface area contributed by atoms with Gasteiger partial charge in [0, 0.05) is 28.8 Å². The van der Waals surface area contributed by atoms with Crippen molar-refractivity contribution in [3.8, 4) is 0 Å². The predicted octanol–water partition coefficient (Wildman–Crippen LogP) is 1.19. The molecule has 0 bridgehead atoms. The average molecular weight is 334 g/mol. The van der Waals surface area contributed by atoms with Crippen LogP contribution >= 0.6 is 11.3 Å². The first kappa shape index (κ1) is 15.7. The Morgan fingerprint density at radius 2 is 2.00 bits per heavy atom. The highest BCUT2D eigenvalue weighted by Gasteiger charge is 2.37. The normalized spacial score (nSPS) is 19.9. The number of thiophene rings is 1. The number of aryl methyl sites for hydroxylation is 1. The minimum atomic E-state index is -0.374. The number of aliphatic hydroxyl groups is 1. The molecule has 0 amide bonds. The summed E-state index contributed by atoms with van der Waals surface area (Å²) in [6, 6.07) is 8.53. The summed E-state index contributed by atoms with van der Waals surface area (Å²) >= 11 is 1.82. The maximum atomic E-state index is 10.7. The maximum absolute atomic E-state index is 10.7. The zero-order valence-corrected chi connectivity index (χ0v) is 14.6. The van der Waals surface area contributed by atoms with Crippen LogP contribution in [-0.2, 0) is 6.42 Å². The highest BCUT2D eigenvalue weighted by atomic mass is 35.5. The van der Waals surface area contributed by atoms with E-state index in [0.29, 0.717) is 0 Å². The average Bonchev–Trinajstić information content (AvgIpc) is 2.77. The molecule has 1 atom stereocenters. The molecule has 2 aromatic heterocycles. The van der Waals surface area contributed by atoms with Crippen LogP contribution < -0.4 is 17.4 Å². The third kappa shape index (κ3) is 2.23. The standard InChI is InChI=1S/C18H19NOS.ClH/c1-10-17-15(11-6-4-5-7-14(11)21-17)16-12(19-10)8-18(2,3)9-13(16)20;/h4-7,13,20H,8-9H2,1-3H3;1H. The number of hydrogen-bond donors (Lipinski definition) is 1. The Labute approximate surface area is 140 Å². The summed E-state index contributed by atoms with van der Waals surface area (Å²) in [5, 5.41) is 13.3. The van der Waals surface area contributed by atoms with Crippen molar-refractivity contribution in [1.82, 2.24) is 0 Å². The van der Waals surface area contributed by atoms with E-state index in [2.05, 4.69) is 50.0 Å². The van der Waals surface area contributed by atoms with Gasteiger partial charge in [-0.1, -0.05) is 32.0 Å². The number of hydrogen-bond acceptors (Lipinski definition) is 2. The summed E-state index contributed by atoms with van der Waals surface area (Å²) in [4.78, 5) is 3.57. The molecule has 1 unspecified atom stereocenters. The number of pyridine rings is 1. The van der Waals surface area contributed by atoms with E-state index >= 15 is 0 Å². The first-order chi connectivity index (χ1) is 9.96. The molecular formula is C18H20ClNOS. The Morgan fingerprint density at radius 3 is 2.77 bits per heavy atom. The van der Waals surface area contributed by atoms with E-state index in [1.165, 1.54) is 31.6 Å². The Morgan fingerprint density at radius 1 is 1.27 bits per heavy atom. The molecule has 1 aliphatic carbocycles. The van der Waals surface area contributed by atoms with Crippen molar-refractivity contribution in [3.05, 3.63) is 41.2 Å². The van der Waals surface area contributed by atoms with Crippen LogP contribution in [0.2, 0.25) is 0 Å². The summed E-state index contributed by atoms with van der Waals surface area (Å²) in [7, 11) is 0. The maximum Gasteiger partial charge on any atom is 0.194 e. The second-order valence-corrected chi connectivity index (χ2v) is 8.06. The van der Waals surface area contributed by atoms with E-state index in [1.807, 2.05) is 11.3 Å². The highest BCUT2D eigenvalue weighted by molar-refractivity contribution is 7.26. The molecule has 0 radical (unpaired) electrons. The zero-order valence-electron chi connectivity index (χ0n) is 13.0. The number of rotatable bonds is 0. The number of aliphatic hydroxyl groups excluding tert-OH is 1. The van der Waals surface area contributed by atoms with Crippen molar-refractivity contribution >= 4 is 31.5 Å². The second kappa shape index (κ2) is 5.19. The highest BCUT2D eigenvalue weighted by Crippen LogP contribution is 2.46. The minimum absolute atomic E-state index is 0. The SMILES string of the molecule is Cc1[nH+]c2c(c3c1sc1ccccc13)C(O)CC(C)(C)C2.[Cl-]. The van der Waals surface area contributed by atoms with Gasteiger partial charge in [-0.25, -0.2) is 4.98 Å². The van der Waals surface area contributed by atoms with Gasteiger partial charge in [0.2, 0.25) is 0 Å². The lowest BCUT2D eigenvalue weighted by molar-refractivity contribution is -0.401. The van der Waals surface area contributed by atoms with Crippen LogP contribution in [0.1, 0.15) is 43.3 Å². The molecule has 0 aliphatic heterocycles. The molecule has 2 heterocycles. The molecule has 116 valence electrons. The monoisotopic (exact) mass is 333 g/mol. The molecule has 1 aromatic carbocycles. The molecule has 0 saturated carbocycles. The number of fused-ring (bicyclic) bond motifs is 5. The summed E-state index contributed by atoms with van der Waals surface area (Å²) in [6.45, 7) is 6.61. The molecule has 0 saturated heterocycles. The summed E-state index contributed by atoms with van der Waals surface area (Å²) in [5.74, 6) is 0. The van der Waals surface area contributed by atoms with E-state index in [-0.39, 0.29) is 23.9 Å². The Hall–Kier alpha value is -1.16. The Bertz CT molecular complexity index is 868. The smallest absolute Gasteiger partial charge is 0.194 e. The van der Waals surface area contributed by atoms with Crippen molar-refractivity contribution in [2.24, 2.45) is 5.41 Å². The first-order valence-electron chi connectivity index (χ1n) is 7.50. The van der Waals surface area contributed by atoms with E-state index < -0.39 is 0 Å². The Balaban J connectivity index is 0.00000144. The largest absolute Gasteiger partial charge is 1.00 e. The molecule has 3 aromatic rings. The van der Waals surface area contributed by atoms with Crippen LogP contribution in [0.25, 0.3) is 20.2 Å². The summed E-state index contributed by atoms with van der Waals surface area (Å²) in [6.07, 6.45) is 1.46. The lowest BCUT2D eigenvalue weighted by Crippen LogP contribution is -3.00. The van der Waals surface area contributed by atoms with Gasteiger partial charge < -0.3 is 17.5 Å². The van der Waals surface area contributed by atoms with E-state index in [4.69, 9.17) is 0 Å². The lowest BCUT2D eigenvalue weighted by Gasteiger charge is -2.32. The van der Waals surface area contributed by atoms with Gasteiger partial charge in [0.15, 0.2) is 11.4 Å². The van der Waals surface area contributed by atoms with Gasteiger partial charge >= 0.3 is 0 Å². The van der Waals surface area contributed by atoms with Crippen LogP contribution in [0.3, 0.4) is 0 Å². The minimum Gasteiger partial charge on any atom is -1.00 e. The number of aromatic amines is 1. The Kier molecular flexibility index (Phi) is 3.71. The van der Waals surface area contributed by atoms with Crippen LogP contribution in [-0.4, -0.2) is 5.11 Å². The van der Waals surface area contributed by atoms with Gasteiger partial charge in [-0.3, -0.25) is 0 Å². The predicted molar refractivity (Wildman–Crippen MR) is 87.7 cm³/mol. The van der Waals surface area contributed by atoms with Crippen LogP contribution in [0.5, 0.6) is 0 Å². The van der Waals surface area contributed by atoms with Gasteiger partial charge in [0.05, 0.1) is 11.7 Å². The van der Waals surface area contributed by atoms with Crippen molar-refractivity contribution in [1.29, 1.82) is 0 Å². The number of halogens is 1. The zero-order chi connectivity index (χ0) is 14.8. The van der Waals surface area contributed by atoms with Gasteiger partial charge in [-0.05, 0) is 17.9 Å². The molecule has 1 aliphatic rings. The van der Waals surface area contributed by atoms with Gasteiger partial charge in [-0.15, -0.1) is 11.3 Å². The summed E-state index contributed by atoms with van der Waals surface area (Å²) in [5.41, 5.74) is 3.71. The van der Waals surface area contributed by atoms with Gasteiger partial charge in [0.25, 0.3) is 0 Å². The third-order valence-corrected chi connectivity index (χ3v) is 5.89. The fraction of sp³-hybridized carbons (Fsp3) is 0.389. The van der Waals surface area contributed by atoms with Crippen molar-refractivity contribution in [2.75, 3.05) is 0 Å². The number of aromatic nitrogens is 1. The molecular weight excluding hydrogens is 314 g/mol. The number of H-pyrrole nitrogens is 1. The molecule has 22 heavy (non-hydrogen) atoms. The molecule has 0 fully saturated rings. The number of benzene rings is 1. The van der Waals surface area contributed by atoms with Crippen molar-refractivity contribution in [2.45, 2.75) is 39.7 Å². The van der Waals surface area contributed by atoms with E-state index in [0.717, 1.165) is 18.4 Å². The molecule has 4 heteroatoms. The molecule has 4 rings (SSSR count). The van der Waals surface area contributed by atoms with Crippen molar-refractivity contribution in [3.63, 3.8) is 0 Å². The quantitative estimate of drug-likeness (QED) is 0.659. The summed E-state index contributed by atoms with van der Waals surface area (Å²) < 4.78 is 2.59. The van der Waals surface area contributed by atoms with Crippen molar-refractivity contribution < 1.29 is 22.5 Å². The fourth-order valence-corrected chi connectivity index (χ4v) is 4.93. The van der Waals surface area contributed by atoms with E-state index in [1.54, 1.807) is 0 Å². The molecule has 2 N–H and O–H groups in total. The van der Waals surface area contributed by atoms with Crippen LogP contribution in [0, 0.1) is 12.3 Å². The van der Waals surface area contributed by atoms with Crippen LogP contribution in [0.15, 0.2) is 24.3 Å².